The molecule has 1 unspecified atom stereocenters. The maximum Gasteiger partial charge on any atom is 0.314 e. The maximum atomic E-state index is 11.8. The van der Waals surface area contributed by atoms with Crippen molar-refractivity contribution < 1.29 is 14.3 Å². The summed E-state index contributed by atoms with van der Waals surface area (Å²) in [7, 11) is 1.61. The Bertz CT molecular complexity index is 539. The van der Waals surface area contributed by atoms with E-state index in [-0.39, 0.29) is 6.03 Å². The van der Waals surface area contributed by atoms with Crippen molar-refractivity contribution in [2.75, 3.05) is 39.9 Å². The molecule has 1 aromatic rings. The summed E-state index contributed by atoms with van der Waals surface area (Å²) in [4.78, 5) is 14.3. The molecular weight excluding hydrogens is 330 g/mol. The first kappa shape index (κ1) is 20.4. The predicted molar refractivity (Wildman–Crippen MR) is 104 cm³/mol. The standard InChI is InChI=1S/C20H33N3O3/c1-17-9-5-7-14-23(17)15-8-6-12-21-20(24)22-13-16-26-19-11-4-3-10-18(19)25-2/h3-4,10-11,17H,5-9,12-16H2,1-2H3,(H2,21,22,24). The topological polar surface area (TPSA) is 62.8 Å². The molecule has 2 rings (SSSR count). The lowest BCUT2D eigenvalue weighted by molar-refractivity contribution is 0.158. The van der Waals surface area contributed by atoms with Gasteiger partial charge in [0, 0.05) is 12.6 Å². The number of carbonyl (C=O) groups excluding carboxylic acids is 1. The number of carbonyl (C=O) groups is 1. The van der Waals surface area contributed by atoms with Gasteiger partial charge in [-0.05, 0) is 57.8 Å². The highest BCUT2D eigenvalue weighted by atomic mass is 16.5. The molecule has 1 saturated heterocycles. The fraction of sp³-hybridized carbons (Fsp3) is 0.650. The van der Waals surface area contributed by atoms with E-state index in [1.807, 2.05) is 24.3 Å². The van der Waals surface area contributed by atoms with Gasteiger partial charge in [-0.2, -0.15) is 0 Å². The first-order valence-electron chi connectivity index (χ1n) is 9.72. The van der Waals surface area contributed by atoms with Gasteiger partial charge >= 0.3 is 6.03 Å². The van der Waals surface area contributed by atoms with Crippen LogP contribution in [0.1, 0.15) is 39.0 Å². The molecule has 0 bridgehead atoms. The third kappa shape index (κ3) is 7.12. The number of nitrogens with zero attached hydrogens (tertiary/aromatic N) is 1. The molecule has 1 aliphatic heterocycles. The lowest BCUT2D eigenvalue weighted by Crippen LogP contribution is -2.39. The lowest BCUT2D eigenvalue weighted by Gasteiger charge is -2.33. The van der Waals surface area contributed by atoms with Crippen LogP contribution in [0, 0.1) is 0 Å². The largest absolute Gasteiger partial charge is 0.493 e. The minimum Gasteiger partial charge on any atom is -0.493 e. The minimum atomic E-state index is -0.139. The molecule has 1 aliphatic rings. The Kier molecular flexibility index (Phi) is 9.10. The number of nitrogens with one attached hydrogen (secondary N) is 2. The average Bonchev–Trinajstić information content (AvgIpc) is 2.66. The van der Waals surface area contributed by atoms with Crippen molar-refractivity contribution in [1.82, 2.24) is 15.5 Å². The summed E-state index contributed by atoms with van der Waals surface area (Å²) in [6.07, 6.45) is 6.13. The number of rotatable bonds is 10. The van der Waals surface area contributed by atoms with Gasteiger partial charge in [0.05, 0.1) is 13.7 Å². The van der Waals surface area contributed by atoms with Gasteiger partial charge in [-0.3, -0.25) is 0 Å². The van der Waals surface area contributed by atoms with E-state index in [1.165, 1.54) is 25.8 Å². The van der Waals surface area contributed by atoms with E-state index in [0.29, 0.717) is 37.2 Å². The molecule has 1 fully saturated rings. The van der Waals surface area contributed by atoms with E-state index in [0.717, 1.165) is 19.4 Å². The Balaban J connectivity index is 1.48. The number of unbranched alkanes of at least 4 members (excludes halogenated alkanes) is 1. The molecule has 0 saturated carbocycles. The quantitative estimate of drug-likeness (QED) is 0.627. The molecule has 0 spiro atoms. The molecule has 6 heteroatoms. The zero-order valence-corrected chi connectivity index (χ0v) is 16.1. The van der Waals surface area contributed by atoms with Crippen LogP contribution in [0.4, 0.5) is 4.79 Å². The van der Waals surface area contributed by atoms with E-state index in [4.69, 9.17) is 9.47 Å². The zero-order valence-electron chi connectivity index (χ0n) is 16.1. The third-order valence-corrected chi connectivity index (χ3v) is 4.81. The Morgan fingerprint density at radius 3 is 2.69 bits per heavy atom. The first-order valence-corrected chi connectivity index (χ1v) is 9.72. The highest BCUT2D eigenvalue weighted by Gasteiger charge is 2.16. The minimum absolute atomic E-state index is 0.139. The molecule has 1 atom stereocenters. The van der Waals surface area contributed by atoms with Gasteiger partial charge in [-0.25, -0.2) is 4.79 Å². The molecule has 2 amide bonds. The number of methoxy groups -OCH3 is 1. The van der Waals surface area contributed by atoms with Crippen LogP contribution in [0.3, 0.4) is 0 Å². The van der Waals surface area contributed by atoms with E-state index in [2.05, 4.69) is 22.5 Å². The fourth-order valence-corrected chi connectivity index (χ4v) is 3.26. The summed E-state index contributed by atoms with van der Waals surface area (Å²) in [6, 6.07) is 8.05. The normalized spacial score (nSPS) is 17.5. The zero-order chi connectivity index (χ0) is 18.6. The third-order valence-electron chi connectivity index (χ3n) is 4.81. The van der Waals surface area contributed by atoms with Crippen molar-refractivity contribution in [3.05, 3.63) is 24.3 Å². The van der Waals surface area contributed by atoms with Crippen LogP contribution >= 0.6 is 0 Å². The Labute approximate surface area is 157 Å². The molecule has 0 aliphatic carbocycles. The highest BCUT2D eigenvalue weighted by Crippen LogP contribution is 2.25. The Hall–Kier alpha value is -1.95. The number of ether oxygens (including phenoxy) is 2. The van der Waals surface area contributed by atoms with Crippen LogP contribution < -0.4 is 20.1 Å². The van der Waals surface area contributed by atoms with Gasteiger partial charge in [0.25, 0.3) is 0 Å². The van der Waals surface area contributed by atoms with Gasteiger partial charge < -0.3 is 25.0 Å². The van der Waals surface area contributed by atoms with Crippen molar-refractivity contribution >= 4 is 6.03 Å². The number of hydrogen-bond acceptors (Lipinski definition) is 4. The van der Waals surface area contributed by atoms with E-state index < -0.39 is 0 Å². The molecule has 1 heterocycles. The average molecular weight is 364 g/mol. The van der Waals surface area contributed by atoms with E-state index in [1.54, 1.807) is 7.11 Å². The number of amides is 2. The molecule has 26 heavy (non-hydrogen) atoms. The number of piperidine rings is 1. The first-order chi connectivity index (χ1) is 12.7. The Morgan fingerprint density at radius 1 is 1.15 bits per heavy atom. The van der Waals surface area contributed by atoms with E-state index in [9.17, 15) is 4.79 Å². The molecule has 6 nitrogen and oxygen atoms in total. The molecule has 0 aromatic heterocycles. The summed E-state index contributed by atoms with van der Waals surface area (Å²) >= 11 is 0. The van der Waals surface area contributed by atoms with Crippen LogP contribution in [0.5, 0.6) is 11.5 Å². The number of para-hydroxylation sites is 2. The van der Waals surface area contributed by atoms with Gasteiger partial charge in [0.2, 0.25) is 0 Å². The number of benzene rings is 1. The molecule has 2 N–H and O–H groups in total. The summed E-state index contributed by atoms with van der Waals surface area (Å²) in [5, 5.41) is 5.72. The monoisotopic (exact) mass is 363 g/mol. The van der Waals surface area contributed by atoms with Gasteiger partial charge in [-0.15, -0.1) is 0 Å². The molecule has 0 radical (unpaired) electrons. The summed E-state index contributed by atoms with van der Waals surface area (Å²) < 4.78 is 10.8. The number of hydrogen-bond donors (Lipinski definition) is 2. The second-order valence-electron chi connectivity index (χ2n) is 6.77. The van der Waals surface area contributed by atoms with Crippen molar-refractivity contribution in [2.24, 2.45) is 0 Å². The van der Waals surface area contributed by atoms with Crippen molar-refractivity contribution in [1.29, 1.82) is 0 Å². The molecular formula is C20H33N3O3. The van der Waals surface area contributed by atoms with Crippen molar-refractivity contribution in [3.8, 4) is 11.5 Å². The summed E-state index contributed by atoms with van der Waals surface area (Å²) in [5.41, 5.74) is 0. The lowest BCUT2D eigenvalue weighted by atomic mass is 10.0. The fourth-order valence-electron chi connectivity index (χ4n) is 3.26. The predicted octanol–water partition coefficient (Wildman–Crippen LogP) is 3.03. The number of urea groups is 1. The molecule has 146 valence electrons. The van der Waals surface area contributed by atoms with Crippen LogP contribution in [0.2, 0.25) is 0 Å². The van der Waals surface area contributed by atoms with Crippen LogP contribution in [0.25, 0.3) is 0 Å². The number of likely N-dealkylation sites (tertiary alicyclic amines) is 1. The van der Waals surface area contributed by atoms with Crippen LogP contribution in [-0.4, -0.2) is 56.9 Å². The highest BCUT2D eigenvalue weighted by molar-refractivity contribution is 5.73. The van der Waals surface area contributed by atoms with E-state index >= 15 is 0 Å². The smallest absolute Gasteiger partial charge is 0.314 e. The second-order valence-corrected chi connectivity index (χ2v) is 6.77. The maximum absolute atomic E-state index is 11.8. The summed E-state index contributed by atoms with van der Waals surface area (Å²) in [5.74, 6) is 1.38. The van der Waals surface area contributed by atoms with Gasteiger partial charge in [-0.1, -0.05) is 18.6 Å². The van der Waals surface area contributed by atoms with Crippen molar-refractivity contribution in [2.45, 2.75) is 45.1 Å². The summed E-state index contributed by atoms with van der Waals surface area (Å²) in [6.45, 7) is 6.24. The Morgan fingerprint density at radius 2 is 1.92 bits per heavy atom. The second kappa shape index (κ2) is 11.6. The van der Waals surface area contributed by atoms with Crippen molar-refractivity contribution in [3.63, 3.8) is 0 Å². The molecule has 1 aromatic carbocycles. The van der Waals surface area contributed by atoms with Gasteiger partial charge in [0.15, 0.2) is 11.5 Å². The SMILES string of the molecule is COc1ccccc1OCCNC(=O)NCCCCN1CCCCC1C. The van der Waals surface area contributed by atoms with Gasteiger partial charge in [0.1, 0.15) is 6.61 Å². The van der Waals surface area contributed by atoms with Crippen LogP contribution in [-0.2, 0) is 0 Å². The van der Waals surface area contributed by atoms with Crippen LogP contribution in [0.15, 0.2) is 24.3 Å².